The molecule has 1 rings (SSSR count). The molecule has 0 atom stereocenters. The fourth-order valence-electron chi connectivity index (χ4n) is 1.42. The standard InChI is InChI=1S/C13H15FO4/c1-13(2,12(16)17)7-10(15)8-4-5-11(18-3)9(14)6-8/h4-6H,7H2,1-3H3,(H,16,17). The second kappa shape index (κ2) is 5.16. The van der Waals surface area contributed by atoms with Crippen LogP contribution >= 0.6 is 0 Å². The number of halogens is 1. The van der Waals surface area contributed by atoms with Crippen LogP contribution in [0.4, 0.5) is 4.39 Å². The van der Waals surface area contributed by atoms with E-state index in [0.29, 0.717) is 0 Å². The number of aliphatic carboxylic acids is 1. The summed E-state index contributed by atoms with van der Waals surface area (Å²) in [5.74, 6) is -2.07. The van der Waals surface area contributed by atoms with Gasteiger partial charge in [-0.25, -0.2) is 4.39 Å². The fraction of sp³-hybridized carbons (Fsp3) is 0.385. The lowest BCUT2D eigenvalue weighted by atomic mass is 9.86. The van der Waals surface area contributed by atoms with Gasteiger partial charge in [-0.05, 0) is 32.0 Å². The van der Waals surface area contributed by atoms with E-state index in [-0.39, 0.29) is 17.7 Å². The smallest absolute Gasteiger partial charge is 0.309 e. The quantitative estimate of drug-likeness (QED) is 0.820. The van der Waals surface area contributed by atoms with Crippen molar-refractivity contribution in [2.24, 2.45) is 5.41 Å². The maximum absolute atomic E-state index is 13.4. The molecule has 0 aromatic heterocycles. The van der Waals surface area contributed by atoms with Gasteiger partial charge in [-0.1, -0.05) is 0 Å². The lowest BCUT2D eigenvalue weighted by Gasteiger charge is -2.17. The highest BCUT2D eigenvalue weighted by Gasteiger charge is 2.30. The van der Waals surface area contributed by atoms with Crippen LogP contribution in [0.3, 0.4) is 0 Å². The molecule has 0 saturated carbocycles. The summed E-state index contributed by atoms with van der Waals surface area (Å²) in [6.45, 7) is 2.90. The highest BCUT2D eigenvalue weighted by atomic mass is 19.1. The van der Waals surface area contributed by atoms with Crippen LogP contribution in [0.25, 0.3) is 0 Å². The van der Waals surface area contributed by atoms with E-state index in [4.69, 9.17) is 9.84 Å². The molecule has 0 amide bonds. The van der Waals surface area contributed by atoms with Crippen molar-refractivity contribution in [1.82, 2.24) is 0 Å². The zero-order valence-electron chi connectivity index (χ0n) is 10.5. The molecule has 18 heavy (non-hydrogen) atoms. The van der Waals surface area contributed by atoms with Crippen LogP contribution in [0, 0.1) is 11.2 Å². The molecule has 0 aliphatic rings. The van der Waals surface area contributed by atoms with Crippen LogP contribution in [-0.2, 0) is 4.79 Å². The van der Waals surface area contributed by atoms with Crippen molar-refractivity contribution in [3.05, 3.63) is 29.6 Å². The van der Waals surface area contributed by atoms with Crippen LogP contribution in [0.1, 0.15) is 30.6 Å². The summed E-state index contributed by atoms with van der Waals surface area (Å²) in [5.41, 5.74) is -1.03. The minimum absolute atomic E-state index is 0.0454. The summed E-state index contributed by atoms with van der Waals surface area (Å²) in [6, 6.07) is 3.82. The normalized spacial score (nSPS) is 11.1. The maximum atomic E-state index is 13.4. The Hall–Kier alpha value is -1.91. The summed E-state index contributed by atoms with van der Waals surface area (Å²) in [4.78, 5) is 22.8. The van der Waals surface area contributed by atoms with Crippen molar-refractivity contribution in [2.45, 2.75) is 20.3 Å². The fourth-order valence-corrected chi connectivity index (χ4v) is 1.42. The number of benzene rings is 1. The van der Waals surface area contributed by atoms with E-state index in [1.54, 1.807) is 0 Å². The van der Waals surface area contributed by atoms with E-state index in [2.05, 4.69) is 0 Å². The molecule has 0 aliphatic heterocycles. The first-order valence-corrected chi connectivity index (χ1v) is 5.38. The number of ether oxygens (including phenoxy) is 1. The van der Waals surface area contributed by atoms with Crippen LogP contribution < -0.4 is 4.74 Å². The highest BCUT2D eigenvalue weighted by Crippen LogP contribution is 2.25. The van der Waals surface area contributed by atoms with Crippen LogP contribution in [0.2, 0.25) is 0 Å². The van der Waals surface area contributed by atoms with Gasteiger partial charge in [0.2, 0.25) is 0 Å². The molecule has 4 nitrogen and oxygen atoms in total. The van der Waals surface area contributed by atoms with Gasteiger partial charge in [0.15, 0.2) is 17.3 Å². The first kappa shape index (κ1) is 14.2. The molecule has 1 aromatic rings. The summed E-state index contributed by atoms with van der Waals surface area (Å²) in [6.07, 6.45) is -0.186. The van der Waals surface area contributed by atoms with Crippen molar-refractivity contribution in [3.8, 4) is 5.75 Å². The van der Waals surface area contributed by atoms with Gasteiger partial charge in [0, 0.05) is 12.0 Å². The Labute approximate surface area is 104 Å². The van der Waals surface area contributed by atoms with Crippen LogP contribution in [0.5, 0.6) is 5.75 Å². The minimum atomic E-state index is -1.17. The monoisotopic (exact) mass is 254 g/mol. The predicted octanol–water partition coefficient (Wildman–Crippen LogP) is 2.52. The number of carbonyl (C=O) groups excluding carboxylic acids is 1. The Kier molecular flexibility index (Phi) is 4.06. The van der Waals surface area contributed by atoms with Crippen molar-refractivity contribution < 1.29 is 23.8 Å². The van der Waals surface area contributed by atoms with E-state index in [0.717, 1.165) is 6.07 Å². The molecule has 98 valence electrons. The number of hydrogen-bond donors (Lipinski definition) is 1. The number of carboxylic acid groups (broad SMARTS) is 1. The molecule has 0 spiro atoms. The van der Waals surface area contributed by atoms with Gasteiger partial charge >= 0.3 is 5.97 Å². The van der Waals surface area contributed by atoms with Gasteiger partial charge in [0.1, 0.15) is 0 Å². The van der Waals surface area contributed by atoms with Gasteiger partial charge in [-0.2, -0.15) is 0 Å². The molecule has 0 bridgehead atoms. The largest absolute Gasteiger partial charge is 0.494 e. The van der Waals surface area contributed by atoms with Crippen LogP contribution in [0.15, 0.2) is 18.2 Å². The molecule has 0 heterocycles. The summed E-state index contributed by atoms with van der Waals surface area (Å²) >= 11 is 0. The lowest BCUT2D eigenvalue weighted by Crippen LogP contribution is -2.27. The SMILES string of the molecule is COc1ccc(C(=O)CC(C)(C)C(=O)O)cc1F. The van der Waals surface area contributed by atoms with E-state index in [1.165, 1.54) is 33.1 Å². The molecule has 0 aliphatic carbocycles. The van der Waals surface area contributed by atoms with Gasteiger partial charge in [0.25, 0.3) is 0 Å². The lowest BCUT2D eigenvalue weighted by molar-refractivity contribution is -0.146. The van der Waals surface area contributed by atoms with Gasteiger partial charge in [-0.3, -0.25) is 9.59 Å². The van der Waals surface area contributed by atoms with Gasteiger partial charge in [-0.15, -0.1) is 0 Å². The molecule has 0 radical (unpaired) electrons. The third kappa shape index (κ3) is 3.06. The van der Waals surface area contributed by atoms with E-state index < -0.39 is 23.0 Å². The summed E-state index contributed by atoms with van der Waals surface area (Å²) < 4.78 is 18.1. The first-order chi connectivity index (χ1) is 8.27. The molecule has 0 saturated heterocycles. The van der Waals surface area contributed by atoms with Crippen molar-refractivity contribution in [3.63, 3.8) is 0 Å². The summed E-state index contributed by atoms with van der Waals surface area (Å²) in [5, 5.41) is 8.93. The second-order valence-corrected chi connectivity index (χ2v) is 4.64. The van der Waals surface area contributed by atoms with E-state index in [1.807, 2.05) is 0 Å². The number of methoxy groups -OCH3 is 1. The number of carboxylic acids is 1. The van der Waals surface area contributed by atoms with Crippen molar-refractivity contribution in [1.29, 1.82) is 0 Å². The van der Waals surface area contributed by atoms with Gasteiger partial charge in [0.05, 0.1) is 12.5 Å². The number of hydrogen-bond acceptors (Lipinski definition) is 3. The zero-order chi connectivity index (χ0) is 13.9. The van der Waals surface area contributed by atoms with Crippen LogP contribution in [-0.4, -0.2) is 24.0 Å². The summed E-state index contributed by atoms with van der Waals surface area (Å²) in [7, 11) is 1.33. The predicted molar refractivity (Wildman–Crippen MR) is 63.3 cm³/mol. The molecule has 1 N–H and O–H groups in total. The van der Waals surface area contributed by atoms with Crippen molar-refractivity contribution >= 4 is 11.8 Å². The van der Waals surface area contributed by atoms with Gasteiger partial charge < -0.3 is 9.84 Å². The number of carbonyl (C=O) groups is 2. The number of rotatable bonds is 5. The Morgan fingerprint density at radius 2 is 2.00 bits per heavy atom. The average molecular weight is 254 g/mol. The van der Waals surface area contributed by atoms with Crippen molar-refractivity contribution in [2.75, 3.05) is 7.11 Å². The Morgan fingerprint density at radius 1 is 1.39 bits per heavy atom. The molecular formula is C13H15FO4. The van der Waals surface area contributed by atoms with E-state index >= 15 is 0 Å². The molecule has 0 fully saturated rings. The maximum Gasteiger partial charge on any atom is 0.309 e. The topological polar surface area (TPSA) is 63.6 Å². The molecule has 1 aromatic carbocycles. The molecular weight excluding hydrogens is 239 g/mol. The second-order valence-electron chi connectivity index (χ2n) is 4.64. The Morgan fingerprint density at radius 3 is 2.44 bits per heavy atom. The first-order valence-electron chi connectivity index (χ1n) is 5.38. The minimum Gasteiger partial charge on any atom is -0.494 e. The zero-order valence-corrected chi connectivity index (χ0v) is 10.5. The number of Topliss-reactive ketones (excluding diaryl/α,β-unsaturated/α-hetero) is 1. The molecule has 0 unspecified atom stereocenters. The Bertz CT molecular complexity index is 480. The highest BCUT2D eigenvalue weighted by molar-refractivity contribution is 5.98. The average Bonchev–Trinajstić information content (AvgIpc) is 2.28. The third-order valence-electron chi connectivity index (χ3n) is 2.66. The molecule has 5 heteroatoms. The van der Waals surface area contributed by atoms with E-state index in [9.17, 15) is 14.0 Å². The number of ketones is 1. The third-order valence-corrected chi connectivity index (χ3v) is 2.66. The Balaban J connectivity index is 2.92.